The van der Waals surface area contributed by atoms with Gasteiger partial charge in [-0.25, -0.2) is 13.8 Å². The van der Waals surface area contributed by atoms with Gasteiger partial charge in [-0.3, -0.25) is 4.79 Å². The molecule has 2 heterocycles. The van der Waals surface area contributed by atoms with Gasteiger partial charge in [0.15, 0.2) is 11.9 Å². The molecule has 0 saturated heterocycles. The van der Waals surface area contributed by atoms with E-state index in [-0.39, 0.29) is 17.0 Å². The Balaban J connectivity index is 2.20. The number of nitrogens with one attached hydrogen (secondary N) is 1. The summed E-state index contributed by atoms with van der Waals surface area (Å²) < 4.78 is 31.6. The minimum Gasteiger partial charge on any atom is -0.396 e. The number of nitrogens with two attached hydrogens (primary N) is 1. The normalized spacial score (nSPS) is 12.0. The Bertz CT molecular complexity index is 991. The van der Waals surface area contributed by atoms with E-state index < -0.39 is 23.0 Å². The third kappa shape index (κ3) is 1.83. The summed E-state index contributed by atoms with van der Waals surface area (Å²) in [6.45, 7) is 0. The molecule has 2 aromatic rings. The van der Waals surface area contributed by atoms with Crippen LogP contribution in [0.15, 0.2) is 18.3 Å². The van der Waals surface area contributed by atoms with Gasteiger partial charge in [0.05, 0.1) is 16.8 Å². The van der Waals surface area contributed by atoms with Crippen LogP contribution < -0.4 is 21.1 Å². The molecule has 0 bridgehead atoms. The van der Waals surface area contributed by atoms with Gasteiger partial charge in [0, 0.05) is 6.08 Å². The molecule has 7 heteroatoms. The number of H-pyrrole nitrogens is 1. The Morgan fingerprint density at radius 1 is 1.38 bits per heavy atom. The summed E-state index contributed by atoms with van der Waals surface area (Å²) in [5.41, 5.74) is 4.77. The summed E-state index contributed by atoms with van der Waals surface area (Å²) in [6, 6.07) is 3.81. The molecule has 1 aromatic heterocycles. The van der Waals surface area contributed by atoms with E-state index in [1.807, 2.05) is 6.07 Å². The molecule has 0 aliphatic carbocycles. The van der Waals surface area contributed by atoms with E-state index in [2.05, 4.69) is 9.65 Å². The van der Waals surface area contributed by atoms with Gasteiger partial charge in [-0.1, -0.05) is 0 Å². The topological polar surface area (TPSA) is 96.8 Å². The summed E-state index contributed by atoms with van der Waals surface area (Å²) in [7, 11) is 0. The molecule has 1 aliphatic rings. The maximum absolute atomic E-state index is 13.9. The lowest BCUT2D eigenvalue weighted by Crippen LogP contribution is -2.27. The van der Waals surface area contributed by atoms with Gasteiger partial charge in [0.25, 0.3) is 0 Å². The first-order chi connectivity index (χ1) is 10.0. The number of nitriles is 1. The molecule has 5 nitrogen and oxygen atoms in total. The number of aromatic amines is 1. The van der Waals surface area contributed by atoms with Gasteiger partial charge in [0.2, 0.25) is 5.78 Å². The van der Waals surface area contributed by atoms with Crippen LogP contribution in [-0.4, -0.2) is 16.5 Å². The highest BCUT2D eigenvalue weighted by Gasteiger charge is 2.26. The van der Waals surface area contributed by atoms with Crippen LogP contribution in [0.4, 0.5) is 14.5 Å². The van der Waals surface area contributed by atoms with Crippen molar-refractivity contribution >= 4 is 23.3 Å². The third-order valence-electron chi connectivity index (χ3n) is 3.12. The molecular formula is C14H7F2N4O+. The van der Waals surface area contributed by atoms with Gasteiger partial charge in [-0.15, -0.1) is 0 Å². The number of fused-ring (bicyclic) bond motifs is 1. The van der Waals surface area contributed by atoms with Crippen LogP contribution in [0.25, 0.3) is 6.08 Å². The number of carbonyl (C=O) groups excluding carboxylic acids is 1. The van der Waals surface area contributed by atoms with Crippen LogP contribution in [0.5, 0.6) is 0 Å². The number of hydrogen-bond acceptors (Lipinski definition) is 3. The summed E-state index contributed by atoms with van der Waals surface area (Å²) in [5, 5.41) is 9.11. The maximum atomic E-state index is 13.9. The second-order valence-electron chi connectivity index (χ2n) is 4.37. The van der Waals surface area contributed by atoms with Crippen molar-refractivity contribution in [1.82, 2.24) is 9.65 Å². The van der Waals surface area contributed by atoms with Gasteiger partial charge in [-0.2, -0.15) is 9.93 Å². The molecule has 0 atom stereocenters. The third-order valence-corrected chi connectivity index (χ3v) is 3.12. The van der Waals surface area contributed by atoms with Crippen LogP contribution >= 0.6 is 0 Å². The minimum atomic E-state index is -1.10. The summed E-state index contributed by atoms with van der Waals surface area (Å²) in [5.74, 6) is -2.96. The van der Waals surface area contributed by atoms with E-state index in [9.17, 15) is 13.6 Å². The summed E-state index contributed by atoms with van der Waals surface area (Å²) >= 11 is 0. The zero-order chi connectivity index (χ0) is 15.1. The van der Waals surface area contributed by atoms with Gasteiger partial charge in [0.1, 0.15) is 17.2 Å². The molecule has 0 fully saturated rings. The van der Waals surface area contributed by atoms with Crippen molar-refractivity contribution in [2.75, 3.05) is 5.73 Å². The van der Waals surface area contributed by atoms with Crippen molar-refractivity contribution in [3.05, 3.63) is 51.8 Å². The molecule has 0 unspecified atom stereocenters. The van der Waals surface area contributed by atoms with Gasteiger partial charge >= 0.3 is 11.2 Å². The lowest BCUT2D eigenvalue weighted by atomic mass is 10.0. The Morgan fingerprint density at radius 2 is 2.14 bits per heavy atom. The van der Waals surface area contributed by atoms with Gasteiger partial charge < -0.3 is 5.73 Å². The van der Waals surface area contributed by atoms with Crippen molar-refractivity contribution in [3.8, 4) is 6.07 Å². The summed E-state index contributed by atoms with van der Waals surface area (Å²) in [6.07, 6.45) is 2.67. The van der Waals surface area contributed by atoms with Crippen molar-refractivity contribution < 1.29 is 13.6 Å². The molecule has 3 rings (SSSR count). The highest BCUT2D eigenvalue weighted by atomic mass is 19.1. The average Bonchev–Trinajstić information content (AvgIpc) is 3.02. The number of rotatable bonds is 2. The van der Waals surface area contributed by atoms with Crippen molar-refractivity contribution in [1.29, 1.82) is 5.26 Å². The second kappa shape index (κ2) is 4.40. The average molecular weight is 285 g/mol. The predicted octanol–water partition coefficient (Wildman–Crippen LogP) is -0.448. The molecule has 1 aromatic carbocycles. The Hall–Kier alpha value is -3.23. The molecule has 0 saturated carbocycles. The second-order valence-corrected chi connectivity index (χ2v) is 4.37. The zero-order valence-electron chi connectivity index (χ0n) is 10.4. The van der Waals surface area contributed by atoms with E-state index in [4.69, 9.17) is 11.0 Å². The Morgan fingerprint density at radius 3 is 2.86 bits per heavy atom. The predicted molar refractivity (Wildman–Crippen MR) is 70.6 cm³/mol. The smallest absolute Gasteiger partial charge is 0.382 e. The van der Waals surface area contributed by atoms with Crippen LogP contribution in [0, 0.1) is 23.0 Å². The van der Waals surface area contributed by atoms with E-state index in [0.29, 0.717) is 10.7 Å². The molecular weight excluding hydrogens is 278 g/mol. The fraction of sp³-hybridized carbons (Fsp3) is 0. The molecule has 102 valence electrons. The number of ketones is 1. The number of anilines is 1. The molecule has 0 spiro atoms. The minimum absolute atomic E-state index is 0.0300. The van der Waals surface area contributed by atoms with Crippen LogP contribution in [0.2, 0.25) is 0 Å². The zero-order valence-corrected chi connectivity index (χ0v) is 10.4. The molecule has 3 N–H and O–H groups in total. The largest absolute Gasteiger partial charge is 0.396 e. The number of nitrogens with zero attached hydrogens (tertiary/aromatic N) is 2. The molecule has 0 amide bonds. The van der Waals surface area contributed by atoms with Crippen molar-refractivity contribution in [2.24, 2.45) is 0 Å². The number of hydrogen-bond donors (Lipinski definition) is 2. The van der Waals surface area contributed by atoms with Gasteiger partial charge in [-0.05, 0) is 12.1 Å². The highest BCUT2D eigenvalue weighted by Crippen LogP contribution is 2.20. The van der Waals surface area contributed by atoms with Crippen LogP contribution in [0.1, 0.15) is 15.9 Å². The first-order valence-corrected chi connectivity index (χ1v) is 5.86. The highest BCUT2D eigenvalue weighted by molar-refractivity contribution is 6.21. The van der Waals surface area contributed by atoms with E-state index >= 15 is 0 Å². The number of benzene rings is 1. The first-order valence-electron chi connectivity index (χ1n) is 5.86. The van der Waals surface area contributed by atoms with E-state index in [1.165, 1.54) is 12.3 Å². The fourth-order valence-electron chi connectivity index (χ4n) is 2.11. The SMILES string of the molecule is N#CC1=[N+]=c2[nH]cc(C(=O)c3c(F)ccc(N)c3F)c2=C1. The van der Waals surface area contributed by atoms with Crippen LogP contribution in [-0.2, 0) is 0 Å². The van der Waals surface area contributed by atoms with E-state index in [1.54, 1.807) is 0 Å². The number of halogens is 2. The fourth-order valence-corrected chi connectivity index (χ4v) is 2.11. The lowest BCUT2D eigenvalue weighted by Gasteiger charge is -2.04. The molecule has 0 radical (unpaired) electrons. The number of aromatic nitrogens is 1. The van der Waals surface area contributed by atoms with E-state index in [0.717, 1.165) is 12.1 Å². The monoisotopic (exact) mass is 285 g/mol. The lowest BCUT2D eigenvalue weighted by molar-refractivity contribution is 0.103. The number of carbonyl (C=O) groups is 1. The first kappa shape index (κ1) is 12.8. The maximum Gasteiger partial charge on any atom is 0.382 e. The molecule has 1 aliphatic heterocycles. The molecule has 21 heavy (non-hydrogen) atoms. The van der Waals surface area contributed by atoms with Crippen molar-refractivity contribution in [3.63, 3.8) is 0 Å². The summed E-state index contributed by atoms with van der Waals surface area (Å²) in [4.78, 5) is 15.0. The Labute approximate surface area is 116 Å². The Kier molecular flexibility index (Phi) is 2.68. The standard InChI is InChI=1S/C14H6F2N4O/c15-9-1-2-10(18)12(16)11(9)13(21)8-5-19-14-7(8)3-6(4-17)20-14/h1-3,5H,18H2/p+1. The number of nitrogen functional groups attached to an aromatic ring is 1. The quantitative estimate of drug-likeness (QED) is 0.444. The van der Waals surface area contributed by atoms with Crippen molar-refractivity contribution in [2.45, 2.75) is 0 Å². The van der Waals surface area contributed by atoms with Crippen LogP contribution in [0.3, 0.4) is 0 Å².